The highest BCUT2D eigenvalue weighted by Gasteiger charge is 2.44. The van der Waals surface area contributed by atoms with Gasteiger partial charge in [0.1, 0.15) is 11.5 Å². The molecule has 28 heavy (non-hydrogen) atoms. The van der Waals surface area contributed by atoms with Crippen LogP contribution in [-0.2, 0) is 19.7 Å². The van der Waals surface area contributed by atoms with Crippen LogP contribution in [0, 0.1) is 0 Å². The fourth-order valence-corrected chi connectivity index (χ4v) is 3.71. The number of nitrogens with one attached hydrogen (secondary N) is 1. The summed E-state index contributed by atoms with van der Waals surface area (Å²) in [5.41, 5.74) is 0.753. The minimum Gasteiger partial charge on any atom is -0.497 e. The van der Waals surface area contributed by atoms with Crippen LogP contribution < -0.4 is 14.8 Å². The lowest BCUT2D eigenvalue weighted by Gasteiger charge is -2.27. The van der Waals surface area contributed by atoms with Crippen molar-refractivity contribution in [2.24, 2.45) is 0 Å². The predicted molar refractivity (Wildman–Crippen MR) is 106 cm³/mol. The van der Waals surface area contributed by atoms with Gasteiger partial charge in [-0.25, -0.2) is 0 Å². The third kappa shape index (κ3) is 4.11. The summed E-state index contributed by atoms with van der Waals surface area (Å²) >= 11 is 0. The number of amides is 1. The van der Waals surface area contributed by atoms with Gasteiger partial charge in [0.25, 0.3) is 5.91 Å². The number of rotatable bonds is 7. The van der Waals surface area contributed by atoms with E-state index in [1.165, 1.54) is 7.11 Å². The van der Waals surface area contributed by atoms with E-state index in [-0.39, 0.29) is 12.6 Å². The zero-order valence-electron chi connectivity index (χ0n) is 16.2. The van der Waals surface area contributed by atoms with Gasteiger partial charge in [-0.05, 0) is 30.5 Å². The zero-order chi connectivity index (χ0) is 20.0. The second-order valence-electron chi connectivity index (χ2n) is 6.85. The number of hydrogen-bond acceptors (Lipinski definition) is 5. The Balaban J connectivity index is 1.66. The maximum Gasteiger partial charge on any atom is 0.317 e. The summed E-state index contributed by atoms with van der Waals surface area (Å²) in [6.45, 7) is -0.353. The lowest BCUT2D eigenvalue weighted by atomic mass is 9.79. The number of methoxy groups -OCH3 is 2. The third-order valence-electron chi connectivity index (χ3n) is 5.19. The van der Waals surface area contributed by atoms with Crippen LogP contribution in [0.2, 0.25) is 0 Å². The molecule has 0 spiro atoms. The monoisotopic (exact) mass is 383 g/mol. The van der Waals surface area contributed by atoms with Gasteiger partial charge in [-0.1, -0.05) is 43.2 Å². The second-order valence-corrected chi connectivity index (χ2v) is 6.85. The highest BCUT2D eigenvalue weighted by molar-refractivity contribution is 5.95. The van der Waals surface area contributed by atoms with Crippen LogP contribution in [0.3, 0.4) is 0 Å². The molecular formula is C22H25NO5. The molecule has 1 aliphatic rings. The molecule has 3 rings (SSSR count). The molecule has 0 aromatic heterocycles. The first-order chi connectivity index (χ1) is 13.6. The standard InChI is InChI=1S/C22H25NO5/c1-26-17-10-11-19(27-2)18(14-17)23-20(24)15-28-21(25)22(12-6-7-13-22)16-8-4-3-5-9-16/h3-5,8-11,14H,6-7,12-13,15H2,1-2H3,(H,23,24). The topological polar surface area (TPSA) is 73.9 Å². The predicted octanol–water partition coefficient (Wildman–Crippen LogP) is 3.70. The SMILES string of the molecule is COc1ccc(OC)c(NC(=O)COC(=O)C2(c3ccccc3)CCCC2)c1. The molecule has 148 valence electrons. The quantitative estimate of drug-likeness (QED) is 0.738. The molecule has 1 fully saturated rings. The van der Waals surface area contributed by atoms with E-state index in [1.807, 2.05) is 30.3 Å². The summed E-state index contributed by atoms with van der Waals surface area (Å²) in [4.78, 5) is 25.3. The average molecular weight is 383 g/mol. The van der Waals surface area contributed by atoms with Crippen molar-refractivity contribution in [2.75, 3.05) is 26.1 Å². The minimum absolute atomic E-state index is 0.344. The van der Waals surface area contributed by atoms with Crippen LogP contribution in [-0.4, -0.2) is 32.7 Å². The summed E-state index contributed by atoms with van der Waals surface area (Å²) < 4.78 is 15.8. The van der Waals surface area contributed by atoms with Gasteiger partial charge in [0.15, 0.2) is 6.61 Å². The molecule has 6 nitrogen and oxygen atoms in total. The number of ether oxygens (including phenoxy) is 3. The molecule has 6 heteroatoms. The normalized spacial score (nSPS) is 14.9. The van der Waals surface area contributed by atoms with Gasteiger partial charge < -0.3 is 19.5 Å². The van der Waals surface area contributed by atoms with E-state index in [2.05, 4.69) is 5.32 Å². The van der Waals surface area contributed by atoms with Gasteiger partial charge in [0.05, 0.1) is 25.3 Å². The Morgan fingerprint density at radius 2 is 1.71 bits per heavy atom. The highest BCUT2D eigenvalue weighted by atomic mass is 16.5. The van der Waals surface area contributed by atoms with Gasteiger partial charge in [-0.15, -0.1) is 0 Å². The van der Waals surface area contributed by atoms with E-state index in [1.54, 1.807) is 25.3 Å². The lowest BCUT2D eigenvalue weighted by molar-refractivity contribution is -0.153. The molecule has 1 saturated carbocycles. The molecule has 1 N–H and O–H groups in total. The molecule has 0 aliphatic heterocycles. The first kappa shape index (κ1) is 19.7. The van der Waals surface area contributed by atoms with Crippen molar-refractivity contribution in [2.45, 2.75) is 31.1 Å². The third-order valence-corrected chi connectivity index (χ3v) is 5.19. The fourth-order valence-electron chi connectivity index (χ4n) is 3.71. The number of carbonyl (C=O) groups is 2. The Morgan fingerprint density at radius 3 is 2.36 bits per heavy atom. The van der Waals surface area contributed by atoms with E-state index in [0.717, 1.165) is 31.2 Å². The Hall–Kier alpha value is -3.02. The summed E-state index contributed by atoms with van der Waals surface area (Å²) in [5.74, 6) is 0.309. The van der Waals surface area contributed by atoms with E-state index >= 15 is 0 Å². The van der Waals surface area contributed by atoms with Crippen LogP contribution >= 0.6 is 0 Å². The van der Waals surface area contributed by atoms with Gasteiger partial charge in [-0.3, -0.25) is 9.59 Å². The lowest BCUT2D eigenvalue weighted by Crippen LogP contribution is -2.36. The van der Waals surface area contributed by atoms with Gasteiger partial charge >= 0.3 is 5.97 Å². The van der Waals surface area contributed by atoms with Crippen molar-refractivity contribution in [3.8, 4) is 11.5 Å². The Morgan fingerprint density at radius 1 is 1.00 bits per heavy atom. The smallest absolute Gasteiger partial charge is 0.317 e. The Labute approximate surface area is 164 Å². The molecule has 0 unspecified atom stereocenters. The van der Waals surface area contributed by atoms with Gasteiger partial charge in [-0.2, -0.15) is 0 Å². The molecule has 1 aliphatic carbocycles. The molecular weight excluding hydrogens is 358 g/mol. The second kappa shape index (κ2) is 8.78. The van der Waals surface area contributed by atoms with E-state index < -0.39 is 11.3 Å². The van der Waals surface area contributed by atoms with E-state index in [9.17, 15) is 9.59 Å². The maximum atomic E-state index is 12.9. The summed E-state index contributed by atoms with van der Waals surface area (Å²) in [5, 5.41) is 2.71. The maximum absolute atomic E-state index is 12.9. The van der Waals surface area contributed by atoms with E-state index in [4.69, 9.17) is 14.2 Å². The molecule has 0 heterocycles. The molecule has 1 amide bonds. The first-order valence-corrected chi connectivity index (χ1v) is 9.34. The van der Waals surface area contributed by atoms with Crippen molar-refractivity contribution >= 4 is 17.6 Å². The number of hydrogen-bond donors (Lipinski definition) is 1. The number of carbonyl (C=O) groups excluding carboxylic acids is 2. The largest absolute Gasteiger partial charge is 0.497 e. The molecule has 0 bridgehead atoms. The van der Waals surface area contributed by atoms with Crippen LogP contribution in [0.15, 0.2) is 48.5 Å². The molecule has 0 atom stereocenters. The van der Waals surface area contributed by atoms with Crippen molar-refractivity contribution < 1.29 is 23.8 Å². The number of esters is 1. The summed E-state index contributed by atoms with van der Waals surface area (Å²) in [7, 11) is 3.06. The van der Waals surface area contributed by atoms with Crippen molar-refractivity contribution in [3.63, 3.8) is 0 Å². The Kier molecular flexibility index (Phi) is 6.19. The fraction of sp³-hybridized carbons (Fsp3) is 0.364. The van der Waals surface area contributed by atoms with Crippen LogP contribution in [0.4, 0.5) is 5.69 Å². The Bertz CT molecular complexity index is 828. The number of anilines is 1. The van der Waals surface area contributed by atoms with Crippen molar-refractivity contribution in [3.05, 3.63) is 54.1 Å². The zero-order valence-corrected chi connectivity index (χ0v) is 16.2. The van der Waals surface area contributed by atoms with Gasteiger partial charge in [0.2, 0.25) is 0 Å². The highest BCUT2D eigenvalue weighted by Crippen LogP contribution is 2.42. The summed E-state index contributed by atoms with van der Waals surface area (Å²) in [6, 6.07) is 14.8. The van der Waals surface area contributed by atoms with Crippen LogP contribution in [0.25, 0.3) is 0 Å². The first-order valence-electron chi connectivity index (χ1n) is 9.34. The van der Waals surface area contributed by atoms with Gasteiger partial charge in [0, 0.05) is 6.07 Å². The molecule has 2 aromatic carbocycles. The average Bonchev–Trinajstić information content (AvgIpc) is 3.24. The molecule has 0 radical (unpaired) electrons. The molecule has 0 saturated heterocycles. The van der Waals surface area contributed by atoms with Crippen molar-refractivity contribution in [1.29, 1.82) is 0 Å². The van der Waals surface area contributed by atoms with Crippen LogP contribution in [0.5, 0.6) is 11.5 Å². The number of benzene rings is 2. The minimum atomic E-state index is -0.658. The van der Waals surface area contributed by atoms with Crippen molar-refractivity contribution in [1.82, 2.24) is 0 Å². The van der Waals surface area contributed by atoms with Crippen LogP contribution in [0.1, 0.15) is 31.2 Å². The molecule has 2 aromatic rings. The summed E-state index contributed by atoms with van der Waals surface area (Å²) in [6.07, 6.45) is 3.41. The van der Waals surface area contributed by atoms with E-state index in [0.29, 0.717) is 17.2 Å².